The molecule has 1 fully saturated rings. The molecule has 0 aliphatic heterocycles. The van der Waals surface area contributed by atoms with E-state index in [0.717, 1.165) is 36.3 Å². The molecule has 1 aliphatic carbocycles. The average molecular weight is 259 g/mol. The molecule has 0 amide bonds. The van der Waals surface area contributed by atoms with E-state index in [1.807, 2.05) is 0 Å². The van der Waals surface area contributed by atoms with Crippen molar-refractivity contribution in [2.75, 3.05) is 13.2 Å². The maximum absolute atomic E-state index is 9.71. The molecule has 0 aromatic carbocycles. The molecule has 0 heterocycles. The summed E-state index contributed by atoms with van der Waals surface area (Å²) in [6.07, 6.45) is 7.25. The van der Waals surface area contributed by atoms with Gasteiger partial charge in [0.25, 0.3) is 0 Å². The minimum Gasteiger partial charge on any atom is -0.394 e. The van der Waals surface area contributed by atoms with Crippen molar-refractivity contribution in [3.8, 4) is 0 Å². The molecule has 2 nitrogen and oxygen atoms in total. The number of rotatable bonds is 7. The fourth-order valence-corrected chi connectivity index (χ4v) is 4.17. The molecular weight excluding hydrogens is 230 g/mol. The Kier molecular flexibility index (Phi) is 6.90. The first-order valence-electron chi connectivity index (χ1n) is 7.17. The van der Waals surface area contributed by atoms with Gasteiger partial charge in [-0.2, -0.15) is 11.8 Å². The van der Waals surface area contributed by atoms with E-state index in [4.69, 9.17) is 0 Å². The monoisotopic (exact) mass is 259 g/mol. The Balaban J connectivity index is 2.49. The van der Waals surface area contributed by atoms with Gasteiger partial charge in [0.2, 0.25) is 0 Å². The van der Waals surface area contributed by atoms with Crippen LogP contribution in [0.25, 0.3) is 0 Å². The smallest absolute Gasteiger partial charge is 0.0613 e. The van der Waals surface area contributed by atoms with E-state index in [1.54, 1.807) is 0 Å². The van der Waals surface area contributed by atoms with Crippen LogP contribution in [0.2, 0.25) is 0 Å². The molecule has 0 radical (unpaired) electrons. The number of hydrogen-bond acceptors (Lipinski definition) is 3. The zero-order valence-electron chi connectivity index (χ0n) is 11.7. The molecule has 0 aromatic rings. The van der Waals surface area contributed by atoms with Crippen molar-refractivity contribution >= 4 is 11.8 Å². The normalized spacial score (nSPS) is 31.4. The maximum Gasteiger partial charge on any atom is 0.0613 e. The van der Waals surface area contributed by atoms with E-state index >= 15 is 0 Å². The van der Waals surface area contributed by atoms with Gasteiger partial charge in [-0.3, -0.25) is 0 Å². The molecule has 102 valence electrons. The zero-order chi connectivity index (χ0) is 12.7. The SMILES string of the molecule is CCCNC1(CO)CCCC(SC(C)CC)C1. The Morgan fingerprint density at radius 1 is 1.47 bits per heavy atom. The van der Waals surface area contributed by atoms with Crippen molar-refractivity contribution in [3.05, 3.63) is 0 Å². The van der Waals surface area contributed by atoms with E-state index in [2.05, 4.69) is 37.8 Å². The van der Waals surface area contributed by atoms with Gasteiger partial charge in [-0.05, 0) is 38.6 Å². The quantitative estimate of drug-likeness (QED) is 0.736. The summed E-state index contributed by atoms with van der Waals surface area (Å²) in [6, 6.07) is 0. The van der Waals surface area contributed by atoms with E-state index < -0.39 is 0 Å². The summed E-state index contributed by atoms with van der Waals surface area (Å²) >= 11 is 2.12. The van der Waals surface area contributed by atoms with Gasteiger partial charge in [0.15, 0.2) is 0 Å². The van der Waals surface area contributed by atoms with Crippen LogP contribution < -0.4 is 5.32 Å². The molecule has 3 atom stereocenters. The van der Waals surface area contributed by atoms with Gasteiger partial charge in [0, 0.05) is 16.0 Å². The molecule has 1 aliphatic rings. The fourth-order valence-electron chi connectivity index (χ4n) is 2.60. The second kappa shape index (κ2) is 7.65. The van der Waals surface area contributed by atoms with E-state index in [9.17, 15) is 5.11 Å². The lowest BCUT2D eigenvalue weighted by molar-refractivity contribution is 0.124. The third-order valence-corrected chi connectivity index (χ3v) is 5.44. The molecule has 0 spiro atoms. The minimum atomic E-state index is 0.0133. The molecule has 3 heteroatoms. The predicted molar refractivity (Wildman–Crippen MR) is 77.7 cm³/mol. The Morgan fingerprint density at radius 2 is 2.24 bits per heavy atom. The lowest BCUT2D eigenvalue weighted by Crippen LogP contribution is -2.52. The highest BCUT2D eigenvalue weighted by molar-refractivity contribution is 8.00. The molecule has 0 aromatic heterocycles. The number of thioether (sulfide) groups is 1. The van der Waals surface area contributed by atoms with Crippen molar-refractivity contribution in [1.29, 1.82) is 0 Å². The van der Waals surface area contributed by atoms with Crippen LogP contribution >= 0.6 is 11.8 Å². The van der Waals surface area contributed by atoms with Crippen molar-refractivity contribution < 1.29 is 5.11 Å². The van der Waals surface area contributed by atoms with Crippen LogP contribution in [0.15, 0.2) is 0 Å². The Hall–Kier alpha value is 0.270. The van der Waals surface area contributed by atoms with Crippen molar-refractivity contribution in [2.24, 2.45) is 0 Å². The molecular formula is C14H29NOS. The average Bonchev–Trinajstić information content (AvgIpc) is 2.36. The van der Waals surface area contributed by atoms with Crippen LogP contribution in [-0.2, 0) is 0 Å². The van der Waals surface area contributed by atoms with Gasteiger partial charge in [-0.1, -0.05) is 27.2 Å². The largest absolute Gasteiger partial charge is 0.394 e. The van der Waals surface area contributed by atoms with E-state index in [-0.39, 0.29) is 5.54 Å². The van der Waals surface area contributed by atoms with Crippen LogP contribution in [0.1, 0.15) is 59.3 Å². The number of aliphatic hydroxyl groups excluding tert-OH is 1. The molecule has 1 saturated carbocycles. The van der Waals surface area contributed by atoms with Crippen LogP contribution in [-0.4, -0.2) is 34.3 Å². The topological polar surface area (TPSA) is 32.3 Å². The molecule has 17 heavy (non-hydrogen) atoms. The van der Waals surface area contributed by atoms with Gasteiger partial charge < -0.3 is 10.4 Å². The first kappa shape index (κ1) is 15.3. The van der Waals surface area contributed by atoms with Crippen LogP contribution in [0.4, 0.5) is 0 Å². The Morgan fingerprint density at radius 3 is 2.82 bits per heavy atom. The summed E-state index contributed by atoms with van der Waals surface area (Å²) in [6.45, 7) is 8.09. The summed E-state index contributed by atoms with van der Waals surface area (Å²) in [5.74, 6) is 0. The second-order valence-corrected chi connectivity index (χ2v) is 7.18. The highest BCUT2D eigenvalue weighted by Crippen LogP contribution is 2.37. The Bertz CT molecular complexity index is 212. The van der Waals surface area contributed by atoms with Crippen molar-refractivity contribution in [1.82, 2.24) is 5.32 Å². The van der Waals surface area contributed by atoms with Crippen molar-refractivity contribution in [2.45, 2.75) is 75.3 Å². The second-order valence-electron chi connectivity index (χ2n) is 5.44. The molecule has 2 N–H and O–H groups in total. The number of nitrogens with one attached hydrogen (secondary N) is 1. The first-order chi connectivity index (χ1) is 8.15. The van der Waals surface area contributed by atoms with Crippen LogP contribution in [0.5, 0.6) is 0 Å². The molecule has 0 saturated heterocycles. The first-order valence-corrected chi connectivity index (χ1v) is 8.11. The van der Waals surface area contributed by atoms with E-state index in [0.29, 0.717) is 6.61 Å². The summed E-state index contributed by atoms with van der Waals surface area (Å²) in [7, 11) is 0. The number of hydrogen-bond donors (Lipinski definition) is 2. The zero-order valence-corrected chi connectivity index (χ0v) is 12.5. The van der Waals surface area contributed by atoms with Crippen LogP contribution in [0.3, 0.4) is 0 Å². The summed E-state index contributed by atoms with van der Waals surface area (Å²) < 4.78 is 0. The fraction of sp³-hybridized carbons (Fsp3) is 1.00. The standard InChI is InChI=1S/C14H29NOS/c1-4-9-15-14(11-16)8-6-7-13(10-14)17-12(3)5-2/h12-13,15-16H,4-11H2,1-3H3. The minimum absolute atomic E-state index is 0.0133. The third-order valence-electron chi connectivity index (χ3n) is 3.85. The highest BCUT2D eigenvalue weighted by atomic mass is 32.2. The van der Waals surface area contributed by atoms with E-state index in [1.165, 1.54) is 19.3 Å². The maximum atomic E-state index is 9.71. The number of aliphatic hydroxyl groups is 1. The molecule has 1 rings (SSSR count). The lowest BCUT2D eigenvalue weighted by atomic mass is 9.82. The summed E-state index contributed by atoms with van der Waals surface area (Å²) in [5, 5.41) is 14.8. The van der Waals surface area contributed by atoms with Crippen molar-refractivity contribution in [3.63, 3.8) is 0 Å². The molecule has 0 bridgehead atoms. The Labute approximate surface area is 111 Å². The van der Waals surface area contributed by atoms with Crippen LogP contribution in [0, 0.1) is 0 Å². The predicted octanol–water partition coefficient (Wildman–Crippen LogP) is 3.19. The lowest BCUT2D eigenvalue weighted by Gasteiger charge is -2.41. The van der Waals surface area contributed by atoms with Gasteiger partial charge in [-0.15, -0.1) is 0 Å². The van der Waals surface area contributed by atoms with Gasteiger partial charge >= 0.3 is 0 Å². The summed E-state index contributed by atoms with van der Waals surface area (Å²) in [5.41, 5.74) is 0.0133. The molecule has 3 unspecified atom stereocenters. The van der Waals surface area contributed by atoms with Gasteiger partial charge in [0.1, 0.15) is 0 Å². The third kappa shape index (κ3) is 4.80. The summed E-state index contributed by atoms with van der Waals surface area (Å²) in [4.78, 5) is 0. The highest BCUT2D eigenvalue weighted by Gasteiger charge is 2.35. The van der Waals surface area contributed by atoms with Gasteiger partial charge in [-0.25, -0.2) is 0 Å². The van der Waals surface area contributed by atoms with Gasteiger partial charge in [0.05, 0.1) is 6.61 Å².